The van der Waals surface area contributed by atoms with Crippen molar-refractivity contribution in [3.8, 4) is 11.1 Å². The van der Waals surface area contributed by atoms with Gasteiger partial charge in [0.15, 0.2) is 0 Å². The normalized spacial score (nSPS) is 14.1. The third-order valence-corrected chi connectivity index (χ3v) is 6.28. The highest BCUT2D eigenvalue weighted by atomic mass is 16.5. The molecule has 35 heavy (non-hydrogen) atoms. The SMILES string of the molecule is CC(CCNC(=O)C(CCN(C)C)NC(=O)OCC1c2ccccc2-c2ccccc21)CC(=O)O. The molecule has 0 spiro atoms. The van der Waals surface area contributed by atoms with Gasteiger partial charge < -0.3 is 25.4 Å². The van der Waals surface area contributed by atoms with Crippen LogP contribution in [0.15, 0.2) is 48.5 Å². The van der Waals surface area contributed by atoms with E-state index in [1.54, 1.807) is 0 Å². The molecule has 0 fully saturated rings. The fourth-order valence-corrected chi connectivity index (χ4v) is 4.40. The molecule has 2 atom stereocenters. The lowest BCUT2D eigenvalue weighted by atomic mass is 9.98. The van der Waals surface area contributed by atoms with E-state index >= 15 is 0 Å². The van der Waals surface area contributed by atoms with Crippen molar-refractivity contribution >= 4 is 18.0 Å². The minimum absolute atomic E-state index is 0.0527. The van der Waals surface area contributed by atoms with Crippen LogP contribution in [0, 0.1) is 5.92 Å². The Morgan fingerprint density at radius 3 is 2.17 bits per heavy atom. The maximum atomic E-state index is 12.8. The molecule has 188 valence electrons. The summed E-state index contributed by atoms with van der Waals surface area (Å²) in [7, 11) is 3.80. The molecule has 3 N–H and O–H groups in total. The highest BCUT2D eigenvalue weighted by molar-refractivity contribution is 5.85. The number of rotatable bonds is 12. The van der Waals surface area contributed by atoms with Crippen molar-refractivity contribution in [2.24, 2.45) is 5.92 Å². The van der Waals surface area contributed by atoms with E-state index in [0.717, 1.165) is 22.3 Å². The van der Waals surface area contributed by atoms with Crippen LogP contribution in [-0.4, -0.2) is 67.8 Å². The zero-order valence-electron chi connectivity index (χ0n) is 20.6. The molecule has 2 aromatic rings. The molecule has 0 saturated heterocycles. The Morgan fingerprint density at radius 1 is 1.00 bits per heavy atom. The number of alkyl carbamates (subject to hydrolysis) is 1. The number of aliphatic carboxylic acids is 1. The topological polar surface area (TPSA) is 108 Å². The van der Waals surface area contributed by atoms with Gasteiger partial charge in [0.25, 0.3) is 0 Å². The number of nitrogens with one attached hydrogen (secondary N) is 2. The van der Waals surface area contributed by atoms with Gasteiger partial charge in [0.05, 0.1) is 0 Å². The van der Waals surface area contributed by atoms with Crippen LogP contribution in [0.1, 0.15) is 43.2 Å². The van der Waals surface area contributed by atoms with Crippen LogP contribution in [0.5, 0.6) is 0 Å². The minimum Gasteiger partial charge on any atom is -0.481 e. The number of carbonyl (C=O) groups is 3. The van der Waals surface area contributed by atoms with E-state index in [-0.39, 0.29) is 30.8 Å². The number of hydrogen-bond acceptors (Lipinski definition) is 5. The summed E-state index contributed by atoms with van der Waals surface area (Å²) in [5.41, 5.74) is 4.55. The van der Waals surface area contributed by atoms with Crippen molar-refractivity contribution in [3.63, 3.8) is 0 Å². The molecule has 8 heteroatoms. The highest BCUT2D eigenvalue weighted by Gasteiger charge is 2.29. The zero-order valence-corrected chi connectivity index (χ0v) is 20.6. The average molecular weight is 482 g/mol. The fourth-order valence-electron chi connectivity index (χ4n) is 4.40. The Bertz CT molecular complexity index is 993. The molecule has 1 aliphatic carbocycles. The summed E-state index contributed by atoms with van der Waals surface area (Å²) in [6, 6.07) is 15.5. The summed E-state index contributed by atoms with van der Waals surface area (Å²) in [6.07, 6.45) is 0.389. The Hall–Kier alpha value is -3.39. The van der Waals surface area contributed by atoms with E-state index in [9.17, 15) is 14.4 Å². The van der Waals surface area contributed by atoms with Crippen molar-refractivity contribution < 1.29 is 24.2 Å². The van der Waals surface area contributed by atoms with Gasteiger partial charge in [-0.25, -0.2) is 4.79 Å². The van der Waals surface area contributed by atoms with Crippen molar-refractivity contribution in [2.75, 3.05) is 33.8 Å². The van der Waals surface area contributed by atoms with Crippen LogP contribution >= 0.6 is 0 Å². The van der Waals surface area contributed by atoms with Crippen LogP contribution < -0.4 is 10.6 Å². The molecule has 0 aromatic heterocycles. The molecule has 0 radical (unpaired) electrons. The molecule has 2 unspecified atom stereocenters. The molecule has 2 amide bonds. The van der Waals surface area contributed by atoms with Gasteiger partial charge in [-0.2, -0.15) is 0 Å². The second kappa shape index (κ2) is 12.4. The number of carboxylic acid groups (broad SMARTS) is 1. The van der Waals surface area contributed by atoms with Crippen LogP contribution in [0.4, 0.5) is 4.79 Å². The highest BCUT2D eigenvalue weighted by Crippen LogP contribution is 2.44. The molecule has 0 aliphatic heterocycles. The second-order valence-corrected chi connectivity index (χ2v) is 9.40. The van der Waals surface area contributed by atoms with Gasteiger partial charge in [-0.1, -0.05) is 55.5 Å². The lowest BCUT2D eigenvalue weighted by molar-refractivity contribution is -0.138. The molecule has 0 bridgehead atoms. The number of ether oxygens (including phenoxy) is 1. The molecule has 3 rings (SSSR count). The third-order valence-electron chi connectivity index (χ3n) is 6.28. The van der Waals surface area contributed by atoms with Gasteiger partial charge in [-0.05, 0) is 61.7 Å². The van der Waals surface area contributed by atoms with Gasteiger partial charge in [0, 0.05) is 18.9 Å². The van der Waals surface area contributed by atoms with Crippen LogP contribution in [0.2, 0.25) is 0 Å². The van der Waals surface area contributed by atoms with Gasteiger partial charge >= 0.3 is 12.1 Å². The summed E-state index contributed by atoms with van der Waals surface area (Å²) in [6.45, 7) is 2.96. The van der Waals surface area contributed by atoms with Crippen molar-refractivity contribution in [1.29, 1.82) is 0 Å². The number of carboxylic acids is 1. The number of amides is 2. The first-order valence-electron chi connectivity index (χ1n) is 12.0. The van der Waals surface area contributed by atoms with Crippen molar-refractivity contribution in [1.82, 2.24) is 15.5 Å². The Balaban J connectivity index is 1.57. The first-order chi connectivity index (χ1) is 16.8. The Labute approximate surface area is 206 Å². The van der Waals surface area contributed by atoms with Gasteiger partial charge in [-0.3, -0.25) is 9.59 Å². The molecule has 8 nitrogen and oxygen atoms in total. The summed E-state index contributed by atoms with van der Waals surface area (Å²) >= 11 is 0. The van der Waals surface area contributed by atoms with E-state index in [1.807, 2.05) is 50.2 Å². The molecular weight excluding hydrogens is 446 g/mol. The zero-order chi connectivity index (χ0) is 25.4. The smallest absolute Gasteiger partial charge is 0.407 e. The molecule has 0 heterocycles. The van der Waals surface area contributed by atoms with Crippen molar-refractivity contribution in [3.05, 3.63) is 59.7 Å². The average Bonchev–Trinajstić information content (AvgIpc) is 3.13. The summed E-state index contributed by atoms with van der Waals surface area (Å²) in [4.78, 5) is 38.2. The van der Waals surface area contributed by atoms with Crippen LogP contribution in [0.25, 0.3) is 11.1 Å². The maximum Gasteiger partial charge on any atom is 0.407 e. The third kappa shape index (κ3) is 7.29. The standard InChI is InChI=1S/C27H35N3O5/c1-18(16-25(31)32)12-14-28-26(33)24(13-15-30(2)3)29-27(34)35-17-23-21-10-6-4-8-19(21)20-9-5-7-11-22(20)23/h4-11,18,23-24H,12-17H2,1-3H3,(H,28,33)(H,29,34)(H,31,32). The molecule has 0 saturated carbocycles. The Morgan fingerprint density at radius 2 is 1.60 bits per heavy atom. The molecule has 1 aliphatic rings. The summed E-state index contributed by atoms with van der Waals surface area (Å²) < 4.78 is 5.60. The number of nitrogens with zero attached hydrogens (tertiary/aromatic N) is 1. The lowest BCUT2D eigenvalue weighted by Crippen LogP contribution is -2.48. The van der Waals surface area contributed by atoms with Crippen LogP contribution in [0.3, 0.4) is 0 Å². The largest absolute Gasteiger partial charge is 0.481 e. The first-order valence-corrected chi connectivity index (χ1v) is 12.0. The minimum atomic E-state index is -0.857. The number of carbonyl (C=O) groups excluding carboxylic acids is 2. The van der Waals surface area contributed by atoms with Gasteiger partial charge in [-0.15, -0.1) is 0 Å². The second-order valence-electron chi connectivity index (χ2n) is 9.40. The summed E-state index contributed by atoms with van der Waals surface area (Å²) in [5.74, 6) is -1.27. The lowest BCUT2D eigenvalue weighted by Gasteiger charge is -2.21. The van der Waals surface area contributed by atoms with E-state index in [1.165, 1.54) is 0 Å². The molecule has 2 aromatic carbocycles. The fraction of sp³-hybridized carbons (Fsp3) is 0.444. The quantitative estimate of drug-likeness (QED) is 0.429. The Kier molecular flexibility index (Phi) is 9.25. The number of hydrogen-bond donors (Lipinski definition) is 3. The molecular formula is C27H35N3O5. The summed E-state index contributed by atoms with van der Waals surface area (Å²) in [5, 5.41) is 14.4. The van der Waals surface area contributed by atoms with Crippen LogP contribution in [-0.2, 0) is 14.3 Å². The van der Waals surface area contributed by atoms with Gasteiger partial charge in [0.1, 0.15) is 12.6 Å². The number of fused-ring (bicyclic) bond motifs is 3. The first kappa shape index (κ1) is 26.2. The number of benzene rings is 2. The maximum absolute atomic E-state index is 12.8. The van der Waals surface area contributed by atoms with E-state index in [0.29, 0.717) is 25.9 Å². The van der Waals surface area contributed by atoms with E-state index in [2.05, 4.69) is 34.9 Å². The van der Waals surface area contributed by atoms with E-state index < -0.39 is 18.1 Å². The predicted molar refractivity (Wildman–Crippen MR) is 134 cm³/mol. The van der Waals surface area contributed by atoms with Crippen molar-refractivity contribution in [2.45, 2.75) is 38.1 Å². The predicted octanol–water partition coefficient (Wildman–Crippen LogP) is 3.46. The monoisotopic (exact) mass is 481 g/mol. The van der Waals surface area contributed by atoms with E-state index in [4.69, 9.17) is 9.84 Å². The van der Waals surface area contributed by atoms with Gasteiger partial charge in [0.2, 0.25) is 5.91 Å².